The van der Waals surface area contributed by atoms with Gasteiger partial charge < -0.3 is 9.47 Å². The number of esters is 1. The summed E-state index contributed by atoms with van der Waals surface area (Å²) in [4.78, 5) is 24.3. The molecule has 1 N–H and O–H groups in total. The van der Waals surface area contributed by atoms with Crippen molar-refractivity contribution in [3.8, 4) is 11.5 Å². The molecule has 3 aromatic carbocycles. The first kappa shape index (κ1) is 21.8. The number of carbonyl (C=O) groups is 2. The van der Waals surface area contributed by atoms with Crippen molar-refractivity contribution < 1.29 is 19.1 Å². The molecule has 0 aromatic heterocycles. The Hall–Kier alpha value is -3.93. The van der Waals surface area contributed by atoms with E-state index in [1.165, 1.54) is 6.21 Å². The zero-order valence-electron chi connectivity index (χ0n) is 17.3. The van der Waals surface area contributed by atoms with Gasteiger partial charge in [-0.3, -0.25) is 4.79 Å². The van der Waals surface area contributed by atoms with Crippen LogP contribution in [0.3, 0.4) is 0 Å². The van der Waals surface area contributed by atoms with Gasteiger partial charge in [-0.05, 0) is 54.8 Å². The summed E-state index contributed by atoms with van der Waals surface area (Å²) in [6, 6.07) is 23.6. The average Bonchev–Trinajstić information content (AvgIpc) is 2.80. The number of hydrogen-bond donors (Lipinski definition) is 1. The van der Waals surface area contributed by atoms with Crippen molar-refractivity contribution in [3.63, 3.8) is 0 Å². The molecule has 0 saturated carbocycles. The lowest BCUT2D eigenvalue weighted by molar-refractivity contribution is -0.121. The van der Waals surface area contributed by atoms with Crippen molar-refractivity contribution in [2.75, 3.05) is 6.61 Å². The van der Waals surface area contributed by atoms with Crippen molar-refractivity contribution >= 4 is 18.1 Å². The van der Waals surface area contributed by atoms with E-state index in [1.54, 1.807) is 42.5 Å². The van der Waals surface area contributed by atoms with Gasteiger partial charge in [0.15, 0.2) is 11.5 Å². The molecule has 0 heterocycles. The number of hydrazone groups is 1. The Bertz CT molecular complexity index is 1030. The Labute approximate surface area is 181 Å². The van der Waals surface area contributed by atoms with Gasteiger partial charge in [0, 0.05) is 6.42 Å². The van der Waals surface area contributed by atoms with Crippen molar-refractivity contribution in [2.45, 2.75) is 19.8 Å². The van der Waals surface area contributed by atoms with Crippen LogP contribution in [0.1, 0.15) is 34.8 Å². The molecular weight excluding hydrogens is 392 g/mol. The highest BCUT2D eigenvalue weighted by molar-refractivity contribution is 5.91. The summed E-state index contributed by atoms with van der Waals surface area (Å²) < 4.78 is 11.1. The Morgan fingerprint density at radius 1 is 0.935 bits per heavy atom. The Morgan fingerprint density at radius 2 is 1.65 bits per heavy atom. The molecule has 158 valence electrons. The van der Waals surface area contributed by atoms with Crippen molar-refractivity contribution in [3.05, 3.63) is 95.6 Å². The van der Waals surface area contributed by atoms with Gasteiger partial charge in [0.05, 0.1) is 18.4 Å². The molecule has 0 aliphatic carbocycles. The molecule has 0 saturated heterocycles. The van der Waals surface area contributed by atoms with Crippen LogP contribution in [-0.4, -0.2) is 24.7 Å². The largest absolute Gasteiger partial charge is 0.490 e. The molecule has 0 fully saturated rings. The SMILES string of the molecule is CCOc1cc(/C=N\NC(=O)CCc2ccccc2)ccc1OC(=O)c1ccccc1. The van der Waals surface area contributed by atoms with E-state index >= 15 is 0 Å². The van der Waals surface area contributed by atoms with Crippen LogP contribution in [0, 0.1) is 0 Å². The molecule has 0 unspecified atom stereocenters. The zero-order valence-corrected chi connectivity index (χ0v) is 17.3. The van der Waals surface area contributed by atoms with E-state index in [0.717, 1.165) is 5.56 Å². The molecule has 3 aromatic rings. The van der Waals surface area contributed by atoms with Gasteiger partial charge in [0.2, 0.25) is 5.91 Å². The quantitative estimate of drug-likeness (QED) is 0.243. The zero-order chi connectivity index (χ0) is 21.9. The molecule has 1 amide bonds. The van der Waals surface area contributed by atoms with Gasteiger partial charge in [-0.1, -0.05) is 48.5 Å². The van der Waals surface area contributed by atoms with Crippen LogP contribution < -0.4 is 14.9 Å². The van der Waals surface area contributed by atoms with Gasteiger partial charge in [-0.25, -0.2) is 10.2 Å². The standard InChI is InChI=1S/C25H24N2O4/c1-2-30-23-17-20(13-15-22(23)31-25(29)21-11-7-4-8-12-21)18-26-27-24(28)16-14-19-9-5-3-6-10-19/h3-13,15,17-18H,2,14,16H2,1H3,(H,27,28)/b26-18-. The molecule has 0 radical (unpaired) electrons. The van der Waals surface area contributed by atoms with Crippen LogP contribution in [-0.2, 0) is 11.2 Å². The highest BCUT2D eigenvalue weighted by Crippen LogP contribution is 2.29. The minimum Gasteiger partial charge on any atom is -0.490 e. The summed E-state index contributed by atoms with van der Waals surface area (Å²) in [6.45, 7) is 2.25. The van der Waals surface area contributed by atoms with Crippen LogP contribution in [0.5, 0.6) is 11.5 Å². The Kier molecular flexibility index (Phi) is 7.94. The first-order valence-electron chi connectivity index (χ1n) is 10.1. The number of amides is 1. The summed E-state index contributed by atoms with van der Waals surface area (Å²) in [6.07, 6.45) is 2.52. The average molecular weight is 416 g/mol. The Morgan fingerprint density at radius 3 is 2.35 bits per heavy atom. The molecule has 6 nitrogen and oxygen atoms in total. The van der Waals surface area contributed by atoms with Crippen LogP contribution in [0.25, 0.3) is 0 Å². The topological polar surface area (TPSA) is 77.0 Å². The van der Waals surface area contributed by atoms with Crippen molar-refractivity contribution in [1.29, 1.82) is 0 Å². The molecule has 0 atom stereocenters. The van der Waals surface area contributed by atoms with Crippen LogP contribution in [0.4, 0.5) is 0 Å². The second-order valence-corrected chi connectivity index (χ2v) is 6.67. The first-order chi connectivity index (χ1) is 15.2. The molecule has 0 aliphatic heterocycles. The monoisotopic (exact) mass is 416 g/mol. The fourth-order valence-corrected chi connectivity index (χ4v) is 2.83. The normalized spacial score (nSPS) is 10.6. The molecule has 0 spiro atoms. The summed E-state index contributed by atoms with van der Waals surface area (Å²) >= 11 is 0. The van der Waals surface area contributed by atoms with Crippen molar-refractivity contribution in [1.82, 2.24) is 5.43 Å². The number of aryl methyl sites for hydroxylation is 1. The smallest absolute Gasteiger partial charge is 0.343 e. The number of nitrogens with one attached hydrogen (secondary N) is 1. The van der Waals surface area contributed by atoms with Gasteiger partial charge in [0.1, 0.15) is 0 Å². The van der Waals surface area contributed by atoms with E-state index in [0.29, 0.717) is 42.1 Å². The third kappa shape index (κ3) is 6.82. The molecule has 3 rings (SSSR count). The van der Waals surface area contributed by atoms with E-state index in [9.17, 15) is 9.59 Å². The summed E-state index contributed by atoms with van der Waals surface area (Å²) in [5.41, 5.74) is 4.78. The predicted octanol–water partition coefficient (Wildman–Crippen LogP) is 4.39. The van der Waals surface area contributed by atoms with Crippen LogP contribution in [0.15, 0.2) is 84.0 Å². The lowest BCUT2D eigenvalue weighted by atomic mass is 10.1. The first-order valence-corrected chi connectivity index (χ1v) is 10.1. The summed E-state index contributed by atoms with van der Waals surface area (Å²) in [5, 5.41) is 4.01. The number of rotatable bonds is 9. The maximum Gasteiger partial charge on any atom is 0.343 e. The van der Waals surface area contributed by atoms with E-state index in [-0.39, 0.29) is 5.91 Å². The maximum atomic E-state index is 12.3. The highest BCUT2D eigenvalue weighted by atomic mass is 16.6. The van der Waals surface area contributed by atoms with E-state index in [1.807, 2.05) is 43.3 Å². The fraction of sp³-hybridized carbons (Fsp3) is 0.160. The second kappa shape index (κ2) is 11.3. The molecular formula is C25H24N2O4. The number of carbonyl (C=O) groups excluding carboxylic acids is 2. The van der Waals surface area contributed by atoms with Gasteiger partial charge in [-0.15, -0.1) is 0 Å². The summed E-state index contributed by atoms with van der Waals surface area (Å²) in [5.74, 6) is 0.109. The van der Waals surface area contributed by atoms with Crippen molar-refractivity contribution in [2.24, 2.45) is 5.10 Å². The third-order valence-electron chi connectivity index (χ3n) is 4.37. The lowest BCUT2D eigenvalue weighted by Gasteiger charge is -2.11. The van der Waals surface area contributed by atoms with Gasteiger partial charge >= 0.3 is 5.97 Å². The molecule has 6 heteroatoms. The van der Waals surface area contributed by atoms with Crippen LogP contribution >= 0.6 is 0 Å². The Balaban J connectivity index is 1.59. The predicted molar refractivity (Wildman–Crippen MR) is 120 cm³/mol. The highest BCUT2D eigenvalue weighted by Gasteiger charge is 2.13. The second-order valence-electron chi connectivity index (χ2n) is 6.67. The van der Waals surface area contributed by atoms with Gasteiger partial charge in [0.25, 0.3) is 0 Å². The van der Waals surface area contributed by atoms with E-state index < -0.39 is 5.97 Å². The summed E-state index contributed by atoms with van der Waals surface area (Å²) in [7, 11) is 0. The van der Waals surface area contributed by atoms with Crippen LogP contribution in [0.2, 0.25) is 0 Å². The van der Waals surface area contributed by atoms with E-state index in [2.05, 4.69) is 10.5 Å². The minimum absolute atomic E-state index is 0.168. The third-order valence-corrected chi connectivity index (χ3v) is 4.37. The number of ether oxygens (including phenoxy) is 2. The number of hydrogen-bond acceptors (Lipinski definition) is 5. The lowest BCUT2D eigenvalue weighted by Crippen LogP contribution is -2.17. The minimum atomic E-state index is -0.464. The van der Waals surface area contributed by atoms with E-state index in [4.69, 9.17) is 9.47 Å². The molecule has 0 aliphatic rings. The maximum absolute atomic E-state index is 12.3. The number of benzene rings is 3. The van der Waals surface area contributed by atoms with Gasteiger partial charge in [-0.2, -0.15) is 5.10 Å². The number of nitrogens with zero attached hydrogens (tertiary/aromatic N) is 1. The fourth-order valence-electron chi connectivity index (χ4n) is 2.83. The molecule has 31 heavy (non-hydrogen) atoms. The molecule has 0 bridgehead atoms.